The van der Waals surface area contributed by atoms with Crippen LogP contribution >= 0.6 is 0 Å². The molecule has 3 rings (SSSR count). The van der Waals surface area contributed by atoms with Crippen molar-refractivity contribution in [3.8, 4) is 16.9 Å². The molecule has 0 saturated carbocycles. The molecular weight excluding hydrogens is 212 g/mol. The van der Waals surface area contributed by atoms with Gasteiger partial charge in [-0.15, -0.1) is 0 Å². The summed E-state index contributed by atoms with van der Waals surface area (Å²) in [5, 5.41) is 0. The topological polar surface area (TPSA) is 26.0 Å². The molecule has 0 fully saturated rings. The van der Waals surface area contributed by atoms with Gasteiger partial charge < -0.3 is 0 Å². The molecule has 0 bridgehead atoms. The second-order valence-electron chi connectivity index (χ2n) is 3.71. The van der Waals surface area contributed by atoms with Gasteiger partial charge in [-0.25, -0.2) is 4.84 Å². The molecule has 0 aromatic carbocycles. The predicted molar refractivity (Wildman–Crippen MR) is 63.5 cm³/mol. The molecule has 0 radical (unpaired) electrons. The summed E-state index contributed by atoms with van der Waals surface area (Å²) in [4.78, 5) is 9.61. The first-order chi connectivity index (χ1) is 8.42. The molecule has 1 aromatic heterocycles. The van der Waals surface area contributed by atoms with Gasteiger partial charge in [0.25, 0.3) is 0 Å². The first-order valence-electron chi connectivity index (χ1n) is 5.40. The highest BCUT2D eigenvalue weighted by atomic mass is 16.7. The molecule has 82 valence electrons. The first-order valence-corrected chi connectivity index (χ1v) is 5.40. The number of aromatic nitrogens is 2. The molecule has 3 heteroatoms. The van der Waals surface area contributed by atoms with Gasteiger partial charge in [-0.2, -0.15) is 0 Å². The molecule has 0 spiro atoms. The average Bonchev–Trinajstić information content (AvgIpc) is 2.60. The normalized spacial score (nSPS) is 10.4. The summed E-state index contributed by atoms with van der Waals surface area (Å²) >= 11 is 0. The lowest BCUT2D eigenvalue weighted by Crippen LogP contribution is -2.38. The van der Waals surface area contributed by atoms with Gasteiger partial charge in [-0.1, -0.05) is 30.3 Å². The minimum absolute atomic E-state index is 0.822. The van der Waals surface area contributed by atoms with Crippen molar-refractivity contribution in [1.82, 2.24) is 4.98 Å². The van der Waals surface area contributed by atoms with E-state index in [2.05, 4.69) is 17.1 Å². The standard InChI is InChI=1S/C14H11N2O/c1-2-4-12-10-14(11-13(12)5-3-1)17-16-8-6-15-7-9-16/h1-11H/q+1. The van der Waals surface area contributed by atoms with E-state index in [9.17, 15) is 0 Å². The van der Waals surface area contributed by atoms with E-state index in [1.54, 1.807) is 29.5 Å². The summed E-state index contributed by atoms with van der Waals surface area (Å²) in [6.45, 7) is 0. The maximum Gasteiger partial charge on any atom is 0.241 e. The van der Waals surface area contributed by atoms with Crippen LogP contribution in [0.25, 0.3) is 11.1 Å². The van der Waals surface area contributed by atoms with E-state index in [4.69, 9.17) is 4.84 Å². The van der Waals surface area contributed by atoms with Crippen LogP contribution < -0.4 is 9.57 Å². The van der Waals surface area contributed by atoms with Crippen LogP contribution in [0.3, 0.4) is 0 Å². The molecule has 0 unspecified atom stereocenters. The van der Waals surface area contributed by atoms with E-state index in [1.807, 2.05) is 30.3 Å². The van der Waals surface area contributed by atoms with Crippen molar-refractivity contribution >= 4 is 0 Å². The first kappa shape index (κ1) is 9.78. The second kappa shape index (κ2) is 4.22. The van der Waals surface area contributed by atoms with Gasteiger partial charge >= 0.3 is 0 Å². The zero-order chi connectivity index (χ0) is 11.5. The van der Waals surface area contributed by atoms with E-state index < -0.39 is 0 Å². The molecule has 1 aromatic rings. The lowest BCUT2D eigenvalue weighted by atomic mass is 10.2. The third kappa shape index (κ3) is 2.08. The Morgan fingerprint density at radius 2 is 1.53 bits per heavy atom. The molecule has 17 heavy (non-hydrogen) atoms. The monoisotopic (exact) mass is 223 g/mol. The van der Waals surface area contributed by atoms with Crippen LogP contribution in [0.2, 0.25) is 0 Å². The fourth-order valence-electron chi connectivity index (χ4n) is 1.73. The van der Waals surface area contributed by atoms with Crippen LogP contribution in [-0.4, -0.2) is 4.98 Å². The fraction of sp³-hybridized carbons (Fsp3) is 0. The Balaban J connectivity index is 1.95. The van der Waals surface area contributed by atoms with Crippen LogP contribution in [0, 0.1) is 0 Å². The van der Waals surface area contributed by atoms with Crippen molar-refractivity contribution in [2.45, 2.75) is 0 Å². The summed E-state index contributed by atoms with van der Waals surface area (Å²) < 4.78 is 1.63. The Bertz CT molecular complexity index is 564. The second-order valence-corrected chi connectivity index (χ2v) is 3.71. The molecular formula is C14H11N2O+. The number of nitrogens with zero attached hydrogens (tertiary/aromatic N) is 2. The highest BCUT2D eigenvalue weighted by Crippen LogP contribution is 2.28. The van der Waals surface area contributed by atoms with Crippen molar-refractivity contribution in [1.29, 1.82) is 0 Å². The molecule has 0 saturated heterocycles. The maximum absolute atomic E-state index is 5.67. The van der Waals surface area contributed by atoms with Gasteiger partial charge in [0, 0.05) is 4.73 Å². The third-order valence-electron chi connectivity index (χ3n) is 2.51. The van der Waals surface area contributed by atoms with Gasteiger partial charge in [0.05, 0.1) is 12.4 Å². The zero-order valence-corrected chi connectivity index (χ0v) is 9.15. The van der Waals surface area contributed by atoms with Crippen molar-refractivity contribution < 1.29 is 9.57 Å². The van der Waals surface area contributed by atoms with Crippen molar-refractivity contribution in [2.24, 2.45) is 0 Å². The van der Waals surface area contributed by atoms with Gasteiger partial charge in [-0.3, -0.25) is 4.98 Å². The molecule has 2 aliphatic carbocycles. The van der Waals surface area contributed by atoms with Gasteiger partial charge in [0.2, 0.25) is 18.1 Å². The zero-order valence-electron chi connectivity index (χ0n) is 9.15. The lowest BCUT2D eigenvalue weighted by Gasteiger charge is -1.91. The van der Waals surface area contributed by atoms with E-state index in [-0.39, 0.29) is 0 Å². The smallest absolute Gasteiger partial charge is 0.241 e. The molecule has 3 nitrogen and oxygen atoms in total. The number of fused-ring (bicyclic) bond motifs is 1. The maximum atomic E-state index is 5.67. The van der Waals surface area contributed by atoms with Crippen molar-refractivity contribution in [3.63, 3.8) is 0 Å². The third-order valence-corrected chi connectivity index (χ3v) is 2.51. The Morgan fingerprint density at radius 1 is 0.882 bits per heavy atom. The number of hydrogen-bond acceptors (Lipinski definition) is 2. The van der Waals surface area contributed by atoms with Gasteiger partial charge in [-0.05, 0) is 23.3 Å². The Hall–Kier alpha value is -2.42. The molecule has 0 atom stereocenters. The Labute approximate surface area is 99.2 Å². The van der Waals surface area contributed by atoms with E-state index in [1.165, 1.54) is 11.1 Å². The van der Waals surface area contributed by atoms with E-state index in [0.29, 0.717) is 0 Å². The highest BCUT2D eigenvalue weighted by molar-refractivity contribution is 5.69. The Kier molecular flexibility index (Phi) is 2.43. The quantitative estimate of drug-likeness (QED) is 0.623. The SMILES string of the molecule is c1ccc2cc(O[n+]3ccncc3)cc-2cc1. The molecule has 0 aliphatic heterocycles. The Morgan fingerprint density at radius 3 is 2.18 bits per heavy atom. The van der Waals surface area contributed by atoms with E-state index >= 15 is 0 Å². The van der Waals surface area contributed by atoms with Crippen LogP contribution in [0.5, 0.6) is 5.75 Å². The van der Waals surface area contributed by atoms with Gasteiger partial charge in [0.1, 0.15) is 0 Å². The van der Waals surface area contributed by atoms with Gasteiger partial charge in [0.15, 0.2) is 0 Å². The largest absolute Gasteiger partial charge is 0.252 e. The number of rotatable bonds is 2. The summed E-state index contributed by atoms with van der Waals surface area (Å²) in [5.41, 5.74) is 2.33. The summed E-state index contributed by atoms with van der Waals surface area (Å²) in [6, 6.07) is 14.2. The van der Waals surface area contributed by atoms with Crippen LogP contribution in [-0.2, 0) is 0 Å². The van der Waals surface area contributed by atoms with Crippen molar-refractivity contribution in [3.05, 3.63) is 67.3 Å². The highest BCUT2D eigenvalue weighted by Gasteiger charge is 2.09. The van der Waals surface area contributed by atoms with E-state index in [0.717, 1.165) is 5.75 Å². The van der Waals surface area contributed by atoms with Crippen LogP contribution in [0.1, 0.15) is 0 Å². The fourth-order valence-corrected chi connectivity index (χ4v) is 1.73. The summed E-state index contributed by atoms with van der Waals surface area (Å²) in [5.74, 6) is 0.822. The van der Waals surface area contributed by atoms with Crippen LogP contribution in [0.4, 0.5) is 0 Å². The summed E-state index contributed by atoms with van der Waals surface area (Å²) in [7, 11) is 0. The minimum Gasteiger partial charge on any atom is -0.252 e. The molecule has 0 N–H and O–H groups in total. The predicted octanol–water partition coefficient (Wildman–Crippen LogP) is 2.32. The summed E-state index contributed by atoms with van der Waals surface area (Å²) in [6.07, 6.45) is 6.89. The van der Waals surface area contributed by atoms with Crippen molar-refractivity contribution in [2.75, 3.05) is 0 Å². The molecule has 0 amide bonds. The molecule has 1 heterocycles. The minimum atomic E-state index is 0.822. The molecule has 2 aliphatic rings. The van der Waals surface area contributed by atoms with Crippen LogP contribution in [0.15, 0.2) is 67.3 Å². The average molecular weight is 223 g/mol. The number of hydrogen-bond donors (Lipinski definition) is 0. The lowest BCUT2D eigenvalue weighted by molar-refractivity contribution is -0.875.